The number of aliphatic hydroxyl groups excluding tert-OH is 3. The highest BCUT2D eigenvalue weighted by molar-refractivity contribution is 5.73. The maximum Gasteiger partial charge on any atom is 0.309 e. The molecule has 4 saturated heterocycles. The fourth-order valence-electron chi connectivity index (χ4n) is 12.8. The van der Waals surface area contributed by atoms with Crippen molar-refractivity contribution in [2.75, 3.05) is 79.3 Å². The highest BCUT2D eigenvalue weighted by atomic mass is 19.1. The number of esters is 1. The summed E-state index contributed by atoms with van der Waals surface area (Å²) in [6.07, 6.45) is -6.14. The normalized spacial score (nSPS) is 40.1. The molecule has 4 aliphatic heterocycles. The van der Waals surface area contributed by atoms with Gasteiger partial charge in [0.2, 0.25) is 0 Å². The lowest BCUT2D eigenvalue weighted by atomic mass is 9.68. The molecule has 20 atom stereocenters. The molecule has 1 aromatic heterocycles. The fourth-order valence-corrected chi connectivity index (χ4v) is 12.8. The number of alkyl halides is 1. The van der Waals surface area contributed by atoms with Gasteiger partial charge in [-0.05, 0) is 104 Å². The molecule has 0 radical (unpaired) electrons. The van der Waals surface area contributed by atoms with Gasteiger partial charge >= 0.3 is 5.97 Å². The van der Waals surface area contributed by atoms with Gasteiger partial charge in [-0.2, -0.15) is 0 Å². The predicted molar refractivity (Wildman–Crippen MR) is 280 cm³/mol. The SMILES string of the molecule is CC[C@H]1OC(=O)[C@H](C)[C@@H](C2C[C@@](C)(OC)[C@@H](O)[C@H](C)O2)[C@H](C)[C@@H](O[C@@H]2O[C@H](C)C[C@H](N(C)CCc3cn([C@H](CF)[C@H](OC)c4ccc(N5CCOCC5)cc4)nn3)[C@H]2O)[C@](C)(O)C[C@@H](C)CN(C)[C@H](C)[C@@H](O)[C@]1(C)O. The number of halogens is 1. The van der Waals surface area contributed by atoms with Gasteiger partial charge < -0.3 is 73.4 Å². The molecule has 1 unspecified atom stereocenters. The third kappa shape index (κ3) is 13.9. The second-order valence-corrected chi connectivity index (χ2v) is 23.3. The number of benzene rings is 1. The molecule has 19 nitrogen and oxygen atoms in total. The minimum atomic E-state index is -1.83. The number of nitrogens with zero attached hydrogens (tertiary/aromatic N) is 6. The Balaban J connectivity index is 1.26. The van der Waals surface area contributed by atoms with Crippen molar-refractivity contribution in [2.45, 2.75) is 197 Å². The Labute approximate surface area is 445 Å². The van der Waals surface area contributed by atoms with E-state index in [0.29, 0.717) is 44.8 Å². The molecule has 0 spiro atoms. The number of carbonyl (C=O) groups is 1. The minimum Gasteiger partial charge on any atom is -0.459 e. The molecule has 1 aromatic carbocycles. The topological polar surface area (TPSA) is 223 Å². The fraction of sp³-hybridized carbons (Fsp3) is 0.836. The van der Waals surface area contributed by atoms with Gasteiger partial charge in [0.1, 0.15) is 48.8 Å². The van der Waals surface area contributed by atoms with Crippen LogP contribution in [-0.4, -0.2) is 215 Å². The van der Waals surface area contributed by atoms with Crippen LogP contribution in [0.4, 0.5) is 10.1 Å². The molecular weight excluding hydrogens is 972 g/mol. The lowest BCUT2D eigenvalue weighted by molar-refractivity contribution is -0.302. The third-order valence-electron chi connectivity index (χ3n) is 17.4. The summed E-state index contributed by atoms with van der Waals surface area (Å²) in [4.78, 5) is 20.9. The van der Waals surface area contributed by atoms with E-state index in [1.165, 1.54) is 18.7 Å². The number of cyclic esters (lactones) is 1. The van der Waals surface area contributed by atoms with Crippen LogP contribution in [0, 0.1) is 23.7 Å². The van der Waals surface area contributed by atoms with Gasteiger partial charge in [-0.3, -0.25) is 4.79 Å². The number of hydrogen-bond acceptors (Lipinski definition) is 18. The molecule has 4 aliphatic rings. The summed E-state index contributed by atoms with van der Waals surface area (Å²) in [5.74, 6) is -3.24. The van der Waals surface area contributed by atoms with Crippen molar-refractivity contribution in [3.8, 4) is 0 Å². The number of likely N-dealkylation sites (N-methyl/N-ethyl adjacent to an activating group) is 2. The maximum atomic E-state index is 14.9. The molecule has 0 amide bonds. The highest BCUT2D eigenvalue weighted by Gasteiger charge is 2.55. The van der Waals surface area contributed by atoms with Crippen LogP contribution in [0.5, 0.6) is 0 Å². The van der Waals surface area contributed by atoms with Gasteiger partial charge in [0.15, 0.2) is 6.29 Å². The van der Waals surface area contributed by atoms with E-state index in [2.05, 4.69) is 15.2 Å². The Morgan fingerprint density at radius 1 is 0.960 bits per heavy atom. The molecule has 6 rings (SSSR count). The van der Waals surface area contributed by atoms with E-state index < -0.39 is 120 Å². The van der Waals surface area contributed by atoms with Gasteiger partial charge in [-0.15, -0.1) is 5.10 Å². The molecule has 0 aliphatic carbocycles. The minimum absolute atomic E-state index is 0.175. The molecule has 0 bridgehead atoms. The standard InChI is InChI=1S/C55H93FN6O13/c1-15-44-55(10,68)48(64)36(6)60(12)30-32(2)27-53(8,67)50(34(4)45(35(5)51(66)74-44)43-28-54(9,70-14)49(65)37(7)73-43)75-52-46(63)41(26-33(3)72-52)59(11)21-20-39-31-62(58-57-39)42(29-56)47(69-13)38-16-18-40(19-17-38)61-22-24-71-25-23-61/h16-19,31-37,41-50,52,63-65,67-68H,15,20-30H2,1-14H3/t32-,33-,34+,35-,36-,37+,41+,42-,43?,44-,45+,46-,47-,48-,49+,50-,52+,53-,54-,55-/m1/s1. The van der Waals surface area contributed by atoms with Crippen molar-refractivity contribution in [2.24, 2.45) is 23.7 Å². The number of hydrogen-bond donors (Lipinski definition) is 5. The maximum absolute atomic E-state index is 14.9. The summed E-state index contributed by atoms with van der Waals surface area (Å²) in [6.45, 7) is 20.9. The quantitative estimate of drug-likeness (QED) is 0.158. The predicted octanol–water partition coefficient (Wildman–Crippen LogP) is 4.11. The molecule has 5 N–H and O–H groups in total. The molecule has 0 saturated carbocycles. The van der Waals surface area contributed by atoms with Crippen molar-refractivity contribution in [3.63, 3.8) is 0 Å². The number of aliphatic hydroxyl groups is 5. The van der Waals surface area contributed by atoms with Crippen LogP contribution >= 0.6 is 0 Å². The summed E-state index contributed by atoms with van der Waals surface area (Å²) < 4.78 is 60.1. The lowest BCUT2D eigenvalue weighted by Crippen LogP contribution is -2.62. The van der Waals surface area contributed by atoms with Gasteiger partial charge in [-0.1, -0.05) is 45.0 Å². The zero-order valence-electron chi connectivity index (χ0n) is 47.3. The van der Waals surface area contributed by atoms with Crippen molar-refractivity contribution in [1.29, 1.82) is 0 Å². The van der Waals surface area contributed by atoms with E-state index in [9.17, 15) is 34.7 Å². The lowest BCUT2D eigenvalue weighted by Gasteiger charge is -2.51. The largest absolute Gasteiger partial charge is 0.459 e. The van der Waals surface area contributed by atoms with Crippen LogP contribution in [0.3, 0.4) is 0 Å². The van der Waals surface area contributed by atoms with E-state index in [0.717, 1.165) is 24.3 Å². The van der Waals surface area contributed by atoms with E-state index in [1.54, 1.807) is 54.8 Å². The van der Waals surface area contributed by atoms with Crippen molar-refractivity contribution in [1.82, 2.24) is 24.8 Å². The van der Waals surface area contributed by atoms with E-state index in [4.69, 9.17) is 33.2 Å². The third-order valence-corrected chi connectivity index (χ3v) is 17.4. The molecule has 20 heteroatoms. The van der Waals surface area contributed by atoms with Crippen LogP contribution in [0.2, 0.25) is 0 Å². The van der Waals surface area contributed by atoms with Crippen molar-refractivity contribution >= 4 is 11.7 Å². The average Bonchev–Trinajstić information content (AvgIpc) is 3.85. The summed E-state index contributed by atoms with van der Waals surface area (Å²) in [5.41, 5.74) is -2.00. The first-order chi connectivity index (χ1) is 35.3. The van der Waals surface area contributed by atoms with Crippen LogP contribution in [-0.2, 0) is 44.4 Å². The van der Waals surface area contributed by atoms with Crippen LogP contribution in [0.1, 0.15) is 118 Å². The van der Waals surface area contributed by atoms with E-state index in [-0.39, 0.29) is 31.3 Å². The monoisotopic (exact) mass is 1060 g/mol. The summed E-state index contributed by atoms with van der Waals surface area (Å²) in [7, 11) is 6.84. The summed E-state index contributed by atoms with van der Waals surface area (Å²) in [6, 6.07) is 6.15. The zero-order valence-corrected chi connectivity index (χ0v) is 47.3. The summed E-state index contributed by atoms with van der Waals surface area (Å²) >= 11 is 0. The van der Waals surface area contributed by atoms with Crippen molar-refractivity contribution in [3.05, 3.63) is 41.7 Å². The summed E-state index contributed by atoms with van der Waals surface area (Å²) in [5, 5.41) is 69.1. The van der Waals surface area contributed by atoms with Crippen molar-refractivity contribution < 1.29 is 67.9 Å². The number of methoxy groups -OCH3 is 2. The first-order valence-corrected chi connectivity index (χ1v) is 27.4. The first kappa shape index (κ1) is 61.3. The Morgan fingerprint density at radius 3 is 2.24 bits per heavy atom. The van der Waals surface area contributed by atoms with E-state index >= 15 is 0 Å². The molecule has 2 aromatic rings. The Bertz CT molecular complexity index is 2080. The Hall–Kier alpha value is -2.96. The van der Waals surface area contributed by atoms with Gasteiger partial charge in [0.05, 0.1) is 60.4 Å². The van der Waals surface area contributed by atoms with E-state index in [1.807, 2.05) is 68.9 Å². The number of aromatic nitrogens is 3. The molecule has 4 fully saturated rings. The number of morpholine rings is 1. The number of rotatable bonds is 15. The number of ether oxygens (including phenoxy) is 7. The second kappa shape index (κ2) is 25.9. The Morgan fingerprint density at radius 2 is 1.63 bits per heavy atom. The highest BCUT2D eigenvalue weighted by Crippen LogP contribution is 2.45. The average molecular weight is 1070 g/mol. The van der Waals surface area contributed by atoms with Gasteiger partial charge in [-0.25, -0.2) is 9.07 Å². The molecule has 75 heavy (non-hydrogen) atoms. The number of carbonyl (C=O) groups excluding carboxylic acids is 1. The molecular formula is C55H93FN6O13. The van der Waals surface area contributed by atoms with Crippen LogP contribution in [0.15, 0.2) is 30.5 Å². The Kier molecular flexibility index (Phi) is 21.1. The smallest absolute Gasteiger partial charge is 0.309 e. The first-order valence-electron chi connectivity index (χ1n) is 27.4. The van der Waals surface area contributed by atoms with Crippen LogP contribution < -0.4 is 4.90 Å². The number of anilines is 1. The second-order valence-electron chi connectivity index (χ2n) is 23.3. The molecule has 5 heterocycles. The zero-order chi connectivity index (χ0) is 55.3. The van der Waals surface area contributed by atoms with Gasteiger partial charge in [0, 0.05) is 83.1 Å². The van der Waals surface area contributed by atoms with Crippen LogP contribution in [0.25, 0.3) is 0 Å². The molecule has 428 valence electrons. The van der Waals surface area contributed by atoms with Gasteiger partial charge in [0.25, 0.3) is 0 Å².